The van der Waals surface area contributed by atoms with Crippen LogP contribution in [-0.4, -0.2) is 52.2 Å². The zero-order valence-electron chi connectivity index (χ0n) is 11.4. The minimum Gasteiger partial charge on any atom is -0.333 e. The Bertz CT molecular complexity index is 313. The molecule has 0 fully saturated rings. The van der Waals surface area contributed by atoms with Crippen LogP contribution in [0.4, 0.5) is 0 Å². The molecule has 0 aliphatic heterocycles. The van der Waals surface area contributed by atoms with Crippen molar-refractivity contribution in [1.29, 1.82) is 0 Å². The van der Waals surface area contributed by atoms with Gasteiger partial charge in [0.25, 0.3) is 0 Å². The molecule has 0 rings (SSSR count). The molecule has 0 saturated carbocycles. The third kappa shape index (κ3) is 8.80. The summed E-state index contributed by atoms with van der Waals surface area (Å²) in [6, 6.07) is -1.79. The van der Waals surface area contributed by atoms with E-state index in [1.807, 2.05) is 12.5 Å². The Labute approximate surface area is 129 Å². The Morgan fingerprint density at radius 2 is 1.35 bits per heavy atom. The smallest absolute Gasteiger partial charge is 0.333 e. The van der Waals surface area contributed by atoms with E-state index >= 15 is 0 Å². The van der Waals surface area contributed by atoms with E-state index < -0.39 is 35.4 Å². The lowest BCUT2D eigenvalue weighted by Gasteiger charge is -2.11. The zero-order chi connectivity index (χ0) is 15.5. The van der Waals surface area contributed by atoms with E-state index in [2.05, 4.69) is 8.37 Å². The largest absolute Gasteiger partial charge is 0.423 e. The first-order valence-electron chi connectivity index (χ1n) is 5.77. The van der Waals surface area contributed by atoms with Gasteiger partial charge in [0.1, 0.15) is 12.1 Å². The van der Waals surface area contributed by atoms with Crippen molar-refractivity contribution in [1.82, 2.24) is 0 Å². The van der Waals surface area contributed by atoms with E-state index in [0.29, 0.717) is 24.3 Å². The predicted molar refractivity (Wildman–Crippen MR) is 82.3 cm³/mol. The molecule has 118 valence electrons. The van der Waals surface area contributed by atoms with Gasteiger partial charge in [-0.3, -0.25) is 0 Å². The van der Waals surface area contributed by atoms with Gasteiger partial charge in [-0.05, 0) is 36.9 Å². The lowest BCUT2D eigenvalue weighted by atomic mass is 10.2. The third-order valence-corrected chi connectivity index (χ3v) is 4.06. The lowest BCUT2D eigenvalue weighted by Crippen LogP contribution is -2.36. The quantitative estimate of drug-likeness (QED) is 0.555. The lowest BCUT2D eigenvalue weighted by molar-refractivity contribution is -0.138. The number of carbonyl (C=O) groups excluding carboxylic acids is 2. The molecule has 0 aromatic carbocycles. The Balaban J connectivity index is 4.09. The molecule has 0 aliphatic carbocycles. The van der Waals surface area contributed by atoms with E-state index in [4.69, 9.17) is 11.5 Å². The van der Waals surface area contributed by atoms with Crippen molar-refractivity contribution in [3.05, 3.63) is 0 Å². The molecule has 0 saturated heterocycles. The fourth-order valence-corrected chi connectivity index (χ4v) is 2.53. The fourth-order valence-electron chi connectivity index (χ4n) is 1.00. The first kappa shape index (κ1) is 19.7. The number of hydrogen-bond acceptors (Lipinski definition) is 9. The highest BCUT2D eigenvalue weighted by atomic mass is 32.2. The van der Waals surface area contributed by atoms with Crippen molar-refractivity contribution in [2.24, 2.45) is 11.5 Å². The molecule has 0 spiro atoms. The van der Waals surface area contributed by atoms with Crippen LogP contribution in [0, 0.1) is 0 Å². The molecule has 0 aromatic heterocycles. The van der Waals surface area contributed by atoms with Crippen molar-refractivity contribution in [3.8, 4) is 0 Å². The molecule has 10 heteroatoms. The van der Waals surface area contributed by atoms with Gasteiger partial charge in [0, 0.05) is 0 Å². The number of carbonyl (C=O) groups is 2. The molecule has 0 amide bonds. The van der Waals surface area contributed by atoms with Crippen LogP contribution < -0.4 is 11.5 Å². The van der Waals surface area contributed by atoms with Crippen molar-refractivity contribution in [3.63, 3.8) is 0 Å². The van der Waals surface area contributed by atoms with Gasteiger partial charge in [0.15, 0.2) is 0 Å². The average Bonchev–Trinajstić information content (AvgIpc) is 2.41. The second-order valence-corrected chi connectivity index (χ2v) is 6.50. The van der Waals surface area contributed by atoms with Crippen molar-refractivity contribution in [2.45, 2.75) is 24.9 Å². The monoisotopic (exact) mass is 344 g/mol. The summed E-state index contributed by atoms with van der Waals surface area (Å²) in [5.74, 6) is -0.407. The molecule has 0 unspecified atom stereocenters. The summed E-state index contributed by atoms with van der Waals surface area (Å²) in [7, 11) is 0. The Morgan fingerprint density at radius 3 is 1.65 bits per heavy atom. The topological polar surface area (TPSA) is 122 Å². The maximum absolute atomic E-state index is 11.4. The van der Waals surface area contributed by atoms with Gasteiger partial charge in [0.05, 0.1) is 0 Å². The molecule has 7 nitrogen and oxygen atoms in total. The van der Waals surface area contributed by atoms with Crippen molar-refractivity contribution >= 4 is 46.8 Å². The molecule has 0 bridgehead atoms. The summed E-state index contributed by atoms with van der Waals surface area (Å²) in [6.07, 6.45) is 4.51. The summed E-state index contributed by atoms with van der Waals surface area (Å²) >= 11 is 0.537. The fraction of sp³-hybridized carbons (Fsp3) is 0.800. The molecular weight excluding hydrogens is 324 g/mol. The van der Waals surface area contributed by atoms with E-state index in [1.54, 1.807) is 0 Å². The van der Waals surface area contributed by atoms with E-state index in [-0.39, 0.29) is 0 Å². The molecular formula is C10H20N2O5S3. The number of hydrogen-bond donors (Lipinski definition) is 2. The van der Waals surface area contributed by atoms with E-state index in [9.17, 15) is 13.8 Å². The SMILES string of the molecule is CSCC[C@H](N)C(=O)OS(=O)OC(=O)[C@@H](N)CCSC. The summed E-state index contributed by atoms with van der Waals surface area (Å²) in [5.41, 5.74) is 11.0. The summed E-state index contributed by atoms with van der Waals surface area (Å²) in [6.45, 7) is 0. The Morgan fingerprint density at radius 1 is 1.00 bits per heavy atom. The maximum atomic E-state index is 11.4. The molecule has 2 atom stereocenters. The molecule has 0 heterocycles. The van der Waals surface area contributed by atoms with Gasteiger partial charge in [-0.1, -0.05) is 0 Å². The first-order chi connectivity index (χ1) is 9.42. The molecule has 20 heavy (non-hydrogen) atoms. The molecule has 0 aromatic rings. The minimum atomic E-state index is -2.51. The van der Waals surface area contributed by atoms with Crippen LogP contribution in [0.3, 0.4) is 0 Å². The first-order valence-corrected chi connectivity index (χ1v) is 9.56. The van der Waals surface area contributed by atoms with Crippen LogP contribution in [0.5, 0.6) is 0 Å². The van der Waals surface area contributed by atoms with Crippen LogP contribution in [0.15, 0.2) is 0 Å². The predicted octanol–water partition coefficient (Wildman–Crippen LogP) is -0.188. The Kier molecular flexibility index (Phi) is 11.2. The summed E-state index contributed by atoms with van der Waals surface area (Å²) in [4.78, 5) is 22.8. The van der Waals surface area contributed by atoms with Crippen molar-refractivity contribution in [2.75, 3.05) is 24.0 Å². The average molecular weight is 344 g/mol. The highest BCUT2D eigenvalue weighted by molar-refractivity contribution is 7.98. The van der Waals surface area contributed by atoms with Crippen LogP contribution in [-0.2, 0) is 29.3 Å². The van der Waals surface area contributed by atoms with Gasteiger partial charge in [-0.2, -0.15) is 27.7 Å². The van der Waals surface area contributed by atoms with Crippen LogP contribution in [0.2, 0.25) is 0 Å². The highest BCUT2D eigenvalue weighted by Crippen LogP contribution is 2.04. The third-order valence-electron chi connectivity index (χ3n) is 2.17. The van der Waals surface area contributed by atoms with Gasteiger partial charge in [-0.25, -0.2) is 9.59 Å². The van der Waals surface area contributed by atoms with Gasteiger partial charge < -0.3 is 19.8 Å². The number of rotatable bonds is 10. The normalized spacial score (nSPS) is 13.8. The molecule has 4 N–H and O–H groups in total. The zero-order valence-corrected chi connectivity index (χ0v) is 13.9. The van der Waals surface area contributed by atoms with E-state index in [1.165, 1.54) is 23.5 Å². The summed E-state index contributed by atoms with van der Waals surface area (Å²) < 4.78 is 20.2. The van der Waals surface area contributed by atoms with Crippen LogP contribution >= 0.6 is 23.5 Å². The van der Waals surface area contributed by atoms with Gasteiger partial charge in [-0.15, -0.1) is 0 Å². The summed E-state index contributed by atoms with van der Waals surface area (Å²) in [5, 5.41) is 0. The van der Waals surface area contributed by atoms with Crippen LogP contribution in [0.25, 0.3) is 0 Å². The number of thioether (sulfide) groups is 2. The van der Waals surface area contributed by atoms with E-state index in [0.717, 1.165) is 0 Å². The Hall–Kier alpha value is -0.290. The maximum Gasteiger partial charge on any atom is 0.423 e. The second-order valence-electron chi connectivity index (χ2n) is 3.78. The van der Waals surface area contributed by atoms with Crippen molar-refractivity contribution < 1.29 is 22.2 Å². The van der Waals surface area contributed by atoms with Gasteiger partial charge >= 0.3 is 23.3 Å². The highest BCUT2D eigenvalue weighted by Gasteiger charge is 2.23. The van der Waals surface area contributed by atoms with Crippen LogP contribution in [0.1, 0.15) is 12.8 Å². The second kappa shape index (κ2) is 11.4. The van der Waals surface area contributed by atoms with Gasteiger partial charge in [0.2, 0.25) is 0 Å². The number of nitrogens with two attached hydrogens (primary N) is 2. The molecule has 0 radical (unpaired) electrons. The minimum absolute atomic E-state index is 0.387. The molecule has 0 aliphatic rings. The standard InChI is InChI=1S/C10H20N2O5S3/c1-18-5-3-7(11)9(13)16-20(15)17-10(14)8(12)4-6-19-2/h7-8H,3-6,11-12H2,1-2H3/t7-,8-/m0/s1.